The summed E-state index contributed by atoms with van der Waals surface area (Å²) in [5, 5.41) is 0. The molecule has 16 heavy (non-hydrogen) atoms. The van der Waals surface area contributed by atoms with Crippen molar-refractivity contribution in [3.05, 3.63) is 29.8 Å². The van der Waals surface area contributed by atoms with E-state index in [2.05, 4.69) is 13.0 Å². The SMILES string of the molecule is CCc1ccccc1OCCOCCOC. The number of hydrogen-bond donors (Lipinski definition) is 0. The van der Waals surface area contributed by atoms with Crippen LogP contribution < -0.4 is 4.74 Å². The summed E-state index contributed by atoms with van der Waals surface area (Å²) in [4.78, 5) is 0. The van der Waals surface area contributed by atoms with Gasteiger partial charge in [0.05, 0.1) is 19.8 Å². The molecule has 3 heteroatoms. The van der Waals surface area contributed by atoms with Crippen LogP contribution in [0.1, 0.15) is 12.5 Å². The van der Waals surface area contributed by atoms with Crippen molar-refractivity contribution in [3.63, 3.8) is 0 Å². The lowest BCUT2D eigenvalue weighted by Crippen LogP contribution is -2.10. The first-order valence-corrected chi connectivity index (χ1v) is 5.66. The third-order valence-electron chi connectivity index (χ3n) is 2.27. The van der Waals surface area contributed by atoms with Crippen molar-refractivity contribution < 1.29 is 14.2 Å². The molecule has 0 bridgehead atoms. The molecular weight excluding hydrogens is 204 g/mol. The maximum absolute atomic E-state index is 5.64. The van der Waals surface area contributed by atoms with Crippen molar-refractivity contribution in [2.45, 2.75) is 13.3 Å². The molecule has 0 fully saturated rings. The van der Waals surface area contributed by atoms with Crippen LogP contribution in [0.25, 0.3) is 0 Å². The summed E-state index contributed by atoms with van der Waals surface area (Å²) >= 11 is 0. The van der Waals surface area contributed by atoms with E-state index in [1.807, 2.05) is 18.2 Å². The van der Waals surface area contributed by atoms with E-state index >= 15 is 0 Å². The smallest absolute Gasteiger partial charge is 0.122 e. The highest BCUT2D eigenvalue weighted by molar-refractivity contribution is 5.33. The number of aryl methyl sites for hydroxylation is 1. The van der Waals surface area contributed by atoms with E-state index in [9.17, 15) is 0 Å². The van der Waals surface area contributed by atoms with Crippen LogP contribution >= 0.6 is 0 Å². The quantitative estimate of drug-likeness (QED) is 0.634. The normalized spacial score (nSPS) is 10.4. The molecule has 1 rings (SSSR count). The predicted octanol–water partition coefficient (Wildman–Crippen LogP) is 2.29. The zero-order valence-electron chi connectivity index (χ0n) is 10.1. The molecule has 0 saturated heterocycles. The van der Waals surface area contributed by atoms with Gasteiger partial charge in [-0.05, 0) is 18.1 Å². The Morgan fingerprint density at radius 2 is 1.75 bits per heavy atom. The van der Waals surface area contributed by atoms with E-state index in [-0.39, 0.29) is 0 Å². The highest BCUT2D eigenvalue weighted by Gasteiger charge is 1.99. The van der Waals surface area contributed by atoms with Crippen LogP contribution in [-0.4, -0.2) is 33.5 Å². The number of methoxy groups -OCH3 is 1. The van der Waals surface area contributed by atoms with Gasteiger partial charge in [0.25, 0.3) is 0 Å². The second kappa shape index (κ2) is 8.13. The molecule has 0 heterocycles. The molecular formula is C13H20O3. The highest BCUT2D eigenvalue weighted by atomic mass is 16.5. The highest BCUT2D eigenvalue weighted by Crippen LogP contribution is 2.17. The first kappa shape index (κ1) is 13.0. The Morgan fingerprint density at radius 1 is 1.00 bits per heavy atom. The first-order valence-electron chi connectivity index (χ1n) is 5.66. The van der Waals surface area contributed by atoms with E-state index < -0.39 is 0 Å². The summed E-state index contributed by atoms with van der Waals surface area (Å²) < 4.78 is 15.8. The van der Waals surface area contributed by atoms with Crippen molar-refractivity contribution >= 4 is 0 Å². The summed E-state index contributed by atoms with van der Waals surface area (Å²) in [5.74, 6) is 0.959. The summed E-state index contributed by atoms with van der Waals surface area (Å²) in [7, 11) is 1.66. The van der Waals surface area contributed by atoms with Crippen molar-refractivity contribution in [1.82, 2.24) is 0 Å². The number of rotatable bonds is 8. The molecule has 0 aromatic heterocycles. The first-order chi connectivity index (χ1) is 7.88. The monoisotopic (exact) mass is 224 g/mol. The van der Waals surface area contributed by atoms with E-state index in [1.165, 1.54) is 5.56 Å². The number of para-hydroxylation sites is 1. The average Bonchev–Trinajstić information content (AvgIpc) is 2.34. The molecule has 0 spiro atoms. The summed E-state index contributed by atoms with van der Waals surface area (Å²) in [6, 6.07) is 8.09. The Labute approximate surface area is 97.3 Å². The molecule has 90 valence electrons. The fourth-order valence-corrected chi connectivity index (χ4v) is 1.39. The van der Waals surface area contributed by atoms with E-state index in [0.29, 0.717) is 26.4 Å². The van der Waals surface area contributed by atoms with Crippen LogP contribution in [0.15, 0.2) is 24.3 Å². The van der Waals surface area contributed by atoms with Gasteiger partial charge in [-0.25, -0.2) is 0 Å². The fourth-order valence-electron chi connectivity index (χ4n) is 1.39. The lowest BCUT2D eigenvalue weighted by molar-refractivity contribution is 0.0543. The molecule has 0 aliphatic heterocycles. The standard InChI is InChI=1S/C13H20O3/c1-3-12-6-4-5-7-13(12)16-11-10-15-9-8-14-2/h4-7H,3,8-11H2,1-2H3. The zero-order chi connectivity index (χ0) is 11.6. The van der Waals surface area contributed by atoms with Gasteiger partial charge in [0.1, 0.15) is 12.4 Å². The molecule has 0 saturated carbocycles. The van der Waals surface area contributed by atoms with Gasteiger partial charge < -0.3 is 14.2 Å². The molecule has 1 aromatic carbocycles. The molecule has 1 aromatic rings. The Balaban J connectivity index is 2.21. The van der Waals surface area contributed by atoms with Crippen LogP contribution in [0.2, 0.25) is 0 Å². The third kappa shape index (κ3) is 4.64. The largest absolute Gasteiger partial charge is 0.491 e. The number of hydrogen-bond acceptors (Lipinski definition) is 3. The van der Waals surface area contributed by atoms with E-state index in [0.717, 1.165) is 12.2 Å². The Kier molecular flexibility index (Phi) is 6.61. The third-order valence-corrected chi connectivity index (χ3v) is 2.27. The fraction of sp³-hybridized carbons (Fsp3) is 0.538. The van der Waals surface area contributed by atoms with Gasteiger partial charge in [-0.1, -0.05) is 25.1 Å². The topological polar surface area (TPSA) is 27.7 Å². The summed E-state index contributed by atoms with van der Waals surface area (Å²) in [6.45, 7) is 4.56. The second-order valence-electron chi connectivity index (χ2n) is 3.41. The molecule has 3 nitrogen and oxygen atoms in total. The van der Waals surface area contributed by atoms with Crippen LogP contribution in [0.3, 0.4) is 0 Å². The number of ether oxygens (including phenoxy) is 3. The van der Waals surface area contributed by atoms with Gasteiger partial charge in [-0.15, -0.1) is 0 Å². The minimum absolute atomic E-state index is 0.584. The van der Waals surface area contributed by atoms with Crippen molar-refractivity contribution in [1.29, 1.82) is 0 Å². The maximum atomic E-state index is 5.64. The lowest BCUT2D eigenvalue weighted by atomic mass is 10.1. The molecule has 0 unspecified atom stereocenters. The van der Waals surface area contributed by atoms with Gasteiger partial charge in [-0.2, -0.15) is 0 Å². The minimum Gasteiger partial charge on any atom is -0.491 e. The molecule has 0 amide bonds. The van der Waals surface area contributed by atoms with Gasteiger partial charge >= 0.3 is 0 Å². The van der Waals surface area contributed by atoms with Crippen LogP contribution in [-0.2, 0) is 15.9 Å². The Morgan fingerprint density at radius 3 is 2.50 bits per heavy atom. The van der Waals surface area contributed by atoms with Gasteiger partial charge in [-0.3, -0.25) is 0 Å². The maximum Gasteiger partial charge on any atom is 0.122 e. The minimum atomic E-state index is 0.584. The molecule has 0 atom stereocenters. The van der Waals surface area contributed by atoms with E-state index in [4.69, 9.17) is 14.2 Å². The predicted molar refractivity (Wildman–Crippen MR) is 64.0 cm³/mol. The van der Waals surface area contributed by atoms with Crippen LogP contribution in [0.4, 0.5) is 0 Å². The summed E-state index contributed by atoms with van der Waals surface area (Å²) in [5.41, 5.74) is 1.24. The van der Waals surface area contributed by atoms with Crippen LogP contribution in [0, 0.1) is 0 Å². The lowest BCUT2D eigenvalue weighted by Gasteiger charge is -2.10. The average molecular weight is 224 g/mol. The summed E-state index contributed by atoms with van der Waals surface area (Å²) in [6.07, 6.45) is 0.987. The van der Waals surface area contributed by atoms with Crippen molar-refractivity contribution in [3.8, 4) is 5.75 Å². The van der Waals surface area contributed by atoms with Gasteiger partial charge in [0.2, 0.25) is 0 Å². The van der Waals surface area contributed by atoms with Crippen LogP contribution in [0.5, 0.6) is 5.75 Å². The molecule has 0 radical (unpaired) electrons. The molecule has 0 N–H and O–H groups in total. The van der Waals surface area contributed by atoms with Crippen molar-refractivity contribution in [2.24, 2.45) is 0 Å². The molecule has 0 aliphatic carbocycles. The van der Waals surface area contributed by atoms with Gasteiger partial charge in [0, 0.05) is 7.11 Å². The zero-order valence-corrected chi connectivity index (χ0v) is 10.1. The van der Waals surface area contributed by atoms with Crippen molar-refractivity contribution in [2.75, 3.05) is 33.5 Å². The second-order valence-corrected chi connectivity index (χ2v) is 3.41. The van der Waals surface area contributed by atoms with E-state index in [1.54, 1.807) is 7.11 Å². The van der Waals surface area contributed by atoms with Gasteiger partial charge in [0.15, 0.2) is 0 Å². The Hall–Kier alpha value is -1.06. The number of benzene rings is 1. The molecule has 0 aliphatic rings. The Bertz CT molecular complexity index is 286.